The summed E-state index contributed by atoms with van der Waals surface area (Å²) in [6, 6.07) is 10.1. The van der Waals surface area contributed by atoms with Crippen LogP contribution in [-0.4, -0.2) is 28.4 Å². The minimum atomic E-state index is -0.484. The number of hydrogen-bond donors (Lipinski definition) is 2. The fourth-order valence-electron chi connectivity index (χ4n) is 3.11. The third-order valence-corrected chi connectivity index (χ3v) is 5.80. The highest BCUT2D eigenvalue weighted by atomic mass is 32.2. The predicted molar refractivity (Wildman–Crippen MR) is 114 cm³/mol. The minimum absolute atomic E-state index is 0.133. The third kappa shape index (κ3) is 5.01. The summed E-state index contributed by atoms with van der Waals surface area (Å²) in [5, 5.41) is 19.8. The Kier molecular flexibility index (Phi) is 6.99. The van der Waals surface area contributed by atoms with Crippen molar-refractivity contribution in [2.24, 2.45) is 0 Å². The Morgan fingerprint density at radius 2 is 1.59 bits per heavy atom. The van der Waals surface area contributed by atoms with E-state index in [4.69, 9.17) is 4.74 Å². The standard InChI is InChI=1S/C23H24O5S/c1-2-3-4-5-12-28-16-8-6-15(7-9-16)14-29-20-13-19(26)21-17(24)10-11-18(25)22(21)23(20)27/h6-11,13,24-25H,2-5,12,14H2,1H3. The first-order valence-corrected chi connectivity index (χ1v) is 10.7. The number of thioether (sulfide) groups is 1. The first-order valence-electron chi connectivity index (χ1n) is 9.71. The summed E-state index contributed by atoms with van der Waals surface area (Å²) in [5.74, 6) is -0.235. The van der Waals surface area contributed by atoms with Crippen molar-refractivity contribution < 1.29 is 24.5 Å². The predicted octanol–water partition coefficient (Wildman–Crippen LogP) is 5.25. The number of aromatic hydroxyl groups is 2. The van der Waals surface area contributed by atoms with Gasteiger partial charge in [0.1, 0.15) is 17.2 Å². The lowest BCUT2D eigenvalue weighted by Gasteiger charge is -2.17. The number of fused-ring (bicyclic) bond motifs is 1. The van der Waals surface area contributed by atoms with Gasteiger partial charge in [-0.25, -0.2) is 0 Å². The van der Waals surface area contributed by atoms with Crippen LogP contribution in [0.25, 0.3) is 0 Å². The number of ether oxygens (including phenoxy) is 1. The molecule has 5 nitrogen and oxygen atoms in total. The summed E-state index contributed by atoms with van der Waals surface area (Å²) in [6.07, 6.45) is 5.85. The maximum absolute atomic E-state index is 12.7. The first-order chi connectivity index (χ1) is 14.0. The second kappa shape index (κ2) is 9.65. The van der Waals surface area contributed by atoms with Crippen molar-refractivity contribution in [3.05, 3.63) is 64.1 Å². The Bertz CT molecular complexity index is 931. The number of carbonyl (C=O) groups is 2. The molecule has 1 aliphatic carbocycles. The zero-order valence-corrected chi connectivity index (χ0v) is 17.1. The normalized spacial score (nSPS) is 13.2. The molecule has 2 aromatic carbocycles. The molecule has 0 heterocycles. The second-order valence-corrected chi connectivity index (χ2v) is 7.91. The van der Waals surface area contributed by atoms with E-state index in [1.807, 2.05) is 24.3 Å². The van der Waals surface area contributed by atoms with Gasteiger partial charge in [-0.3, -0.25) is 9.59 Å². The number of benzene rings is 2. The summed E-state index contributed by atoms with van der Waals surface area (Å²) >= 11 is 1.23. The smallest absolute Gasteiger partial charge is 0.204 e. The van der Waals surface area contributed by atoms with Gasteiger partial charge in [0.25, 0.3) is 0 Å². The van der Waals surface area contributed by atoms with Crippen LogP contribution in [-0.2, 0) is 5.75 Å². The molecule has 0 saturated carbocycles. The van der Waals surface area contributed by atoms with Gasteiger partial charge in [-0.1, -0.05) is 38.3 Å². The highest BCUT2D eigenvalue weighted by Crippen LogP contribution is 2.38. The second-order valence-electron chi connectivity index (χ2n) is 6.90. The largest absolute Gasteiger partial charge is 0.507 e. The number of rotatable bonds is 9. The number of Topliss-reactive ketones (excluding diaryl/α,β-unsaturated/α-hetero) is 1. The Balaban J connectivity index is 1.60. The van der Waals surface area contributed by atoms with Gasteiger partial charge in [-0.15, -0.1) is 11.8 Å². The fraction of sp³-hybridized carbons (Fsp3) is 0.304. The van der Waals surface area contributed by atoms with Crippen molar-refractivity contribution in [1.29, 1.82) is 0 Å². The first kappa shape index (κ1) is 21.0. The van der Waals surface area contributed by atoms with Gasteiger partial charge in [-0.2, -0.15) is 0 Å². The molecule has 2 N–H and O–H groups in total. The lowest BCUT2D eigenvalue weighted by Crippen LogP contribution is -2.16. The van der Waals surface area contributed by atoms with Gasteiger partial charge in [0.05, 0.1) is 22.6 Å². The van der Waals surface area contributed by atoms with Crippen LogP contribution in [0.1, 0.15) is 58.9 Å². The summed E-state index contributed by atoms with van der Waals surface area (Å²) in [7, 11) is 0. The van der Waals surface area contributed by atoms with Gasteiger partial charge in [0, 0.05) is 11.8 Å². The van der Waals surface area contributed by atoms with E-state index in [1.165, 1.54) is 49.2 Å². The molecule has 0 spiro atoms. The Morgan fingerprint density at radius 1 is 0.897 bits per heavy atom. The Labute approximate surface area is 174 Å². The van der Waals surface area contributed by atoms with Crippen molar-refractivity contribution in [2.75, 3.05) is 6.61 Å². The van der Waals surface area contributed by atoms with Crippen LogP contribution in [0.5, 0.6) is 17.2 Å². The van der Waals surface area contributed by atoms with E-state index in [-0.39, 0.29) is 27.5 Å². The van der Waals surface area contributed by atoms with E-state index in [9.17, 15) is 19.8 Å². The highest BCUT2D eigenvalue weighted by Gasteiger charge is 2.31. The molecule has 0 fully saturated rings. The number of hydrogen-bond acceptors (Lipinski definition) is 6. The molecule has 6 heteroatoms. The zero-order chi connectivity index (χ0) is 20.8. The molecule has 0 aromatic heterocycles. The summed E-state index contributed by atoms with van der Waals surface area (Å²) in [5.41, 5.74) is 0.715. The van der Waals surface area contributed by atoms with Gasteiger partial charge < -0.3 is 14.9 Å². The molecule has 29 heavy (non-hydrogen) atoms. The maximum Gasteiger partial charge on any atom is 0.204 e. The number of phenols is 2. The molecule has 0 aliphatic heterocycles. The van der Waals surface area contributed by atoms with Crippen LogP contribution < -0.4 is 4.74 Å². The molecule has 0 amide bonds. The van der Waals surface area contributed by atoms with Crippen LogP contribution in [0.2, 0.25) is 0 Å². The van der Waals surface area contributed by atoms with E-state index in [1.54, 1.807) is 0 Å². The quantitative estimate of drug-likeness (QED) is 0.432. The molecule has 3 rings (SSSR count). The molecular formula is C23H24O5S. The topological polar surface area (TPSA) is 83.8 Å². The van der Waals surface area contributed by atoms with Crippen molar-refractivity contribution in [1.82, 2.24) is 0 Å². The van der Waals surface area contributed by atoms with Crippen molar-refractivity contribution in [2.45, 2.75) is 38.4 Å². The van der Waals surface area contributed by atoms with Gasteiger partial charge >= 0.3 is 0 Å². The van der Waals surface area contributed by atoms with E-state index in [0.29, 0.717) is 12.4 Å². The monoisotopic (exact) mass is 412 g/mol. The number of allylic oxidation sites excluding steroid dienone is 2. The molecule has 0 atom stereocenters. The number of carbonyl (C=O) groups excluding carboxylic acids is 2. The zero-order valence-electron chi connectivity index (χ0n) is 16.3. The molecule has 152 valence electrons. The van der Waals surface area contributed by atoms with Crippen molar-refractivity contribution in [3.8, 4) is 17.2 Å². The molecule has 1 aliphatic rings. The molecule has 0 radical (unpaired) electrons. The van der Waals surface area contributed by atoms with Gasteiger partial charge in [0.15, 0.2) is 5.78 Å². The van der Waals surface area contributed by atoms with Gasteiger partial charge in [-0.05, 0) is 36.2 Å². The molecular weight excluding hydrogens is 388 g/mol. The number of unbranched alkanes of at least 4 members (excludes halogenated alkanes) is 3. The average Bonchev–Trinajstić information content (AvgIpc) is 2.72. The highest BCUT2D eigenvalue weighted by molar-refractivity contribution is 8.03. The molecule has 2 aromatic rings. The van der Waals surface area contributed by atoms with E-state index < -0.39 is 11.6 Å². The van der Waals surface area contributed by atoms with E-state index in [2.05, 4.69) is 6.92 Å². The Hall–Kier alpha value is -2.73. The van der Waals surface area contributed by atoms with Crippen molar-refractivity contribution in [3.63, 3.8) is 0 Å². The number of ketones is 2. The molecule has 0 saturated heterocycles. The van der Waals surface area contributed by atoms with E-state index >= 15 is 0 Å². The molecule has 0 unspecified atom stereocenters. The lowest BCUT2D eigenvalue weighted by molar-refractivity contribution is 0.0986. The fourth-order valence-corrected chi connectivity index (χ4v) is 4.05. The van der Waals surface area contributed by atoms with Crippen LogP contribution in [0.3, 0.4) is 0 Å². The summed E-state index contributed by atoms with van der Waals surface area (Å²) in [4.78, 5) is 25.2. The maximum atomic E-state index is 12.7. The Morgan fingerprint density at radius 3 is 2.28 bits per heavy atom. The average molecular weight is 413 g/mol. The SMILES string of the molecule is CCCCCCOc1ccc(CSC2=CC(=O)c3c(O)ccc(O)c3C2=O)cc1. The molecule has 0 bridgehead atoms. The third-order valence-electron chi connectivity index (χ3n) is 4.71. The van der Waals surface area contributed by atoms with Crippen LogP contribution in [0.15, 0.2) is 47.4 Å². The summed E-state index contributed by atoms with van der Waals surface area (Å²) in [6.45, 7) is 2.88. The van der Waals surface area contributed by atoms with Crippen LogP contribution in [0.4, 0.5) is 0 Å². The summed E-state index contributed by atoms with van der Waals surface area (Å²) < 4.78 is 5.73. The van der Waals surface area contributed by atoms with Crippen LogP contribution in [0, 0.1) is 0 Å². The minimum Gasteiger partial charge on any atom is -0.507 e. The number of phenolic OH excluding ortho intramolecular Hbond substituents is 2. The van der Waals surface area contributed by atoms with Gasteiger partial charge in [0.2, 0.25) is 5.78 Å². The van der Waals surface area contributed by atoms with Crippen LogP contribution >= 0.6 is 11.8 Å². The van der Waals surface area contributed by atoms with Crippen molar-refractivity contribution >= 4 is 23.3 Å². The lowest BCUT2D eigenvalue weighted by atomic mass is 9.93. The van der Waals surface area contributed by atoms with E-state index in [0.717, 1.165) is 17.7 Å².